The number of benzene rings is 4. The standard InChI is InChI=1S/C33H34F2N2O/c1-23(25-11-5-3-6-12-25)36-21-31(27-15-9-17-29(34)19-27)33(38)32(28-16-10-18-30(35)20-28)22-37-24(2)26-13-7-4-8-14-26/h3-20,23-24,31-32,36-37H,21-22H2,1-2H3/t23-,24-,31?,32?/m0/s1. The number of carbonyl (C=O) groups is 1. The third kappa shape index (κ3) is 7.21. The maximum absolute atomic E-state index is 14.3. The Morgan fingerprint density at radius 1 is 0.579 bits per heavy atom. The molecular weight excluding hydrogens is 478 g/mol. The lowest BCUT2D eigenvalue weighted by Gasteiger charge is -2.27. The summed E-state index contributed by atoms with van der Waals surface area (Å²) in [7, 11) is 0. The molecule has 3 nitrogen and oxygen atoms in total. The highest BCUT2D eigenvalue weighted by Crippen LogP contribution is 2.29. The lowest BCUT2D eigenvalue weighted by molar-refractivity contribution is -0.121. The van der Waals surface area contributed by atoms with Crippen LogP contribution in [0.3, 0.4) is 0 Å². The predicted molar refractivity (Wildman–Crippen MR) is 149 cm³/mol. The van der Waals surface area contributed by atoms with Crippen LogP contribution in [0.4, 0.5) is 8.78 Å². The molecule has 38 heavy (non-hydrogen) atoms. The number of hydrogen-bond acceptors (Lipinski definition) is 3. The van der Waals surface area contributed by atoms with E-state index in [4.69, 9.17) is 0 Å². The Balaban J connectivity index is 1.62. The van der Waals surface area contributed by atoms with Crippen molar-refractivity contribution in [3.05, 3.63) is 143 Å². The number of nitrogens with one attached hydrogen (secondary N) is 2. The van der Waals surface area contributed by atoms with Crippen molar-refractivity contribution in [3.63, 3.8) is 0 Å². The number of carbonyl (C=O) groups excluding carboxylic acids is 1. The lowest BCUT2D eigenvalue weighted by Crippen LogP contribution is -2.36. The van der Waals surface area contributed by atoms with Gasteiger partial charge in [0, 0.05) is 25.2 Å². The van der Waals surface area contributed by atoms with Gasteiger partial charge in [0.15, 0.2) is 0 Å². The molecule has 0 heterocycles. The second-order valence-electron chi connectivity index (χ2n) is 9.70. The molecule has 4 aromatic carbocycles. The monoisotopic (exact) mass is 512 g/mol. The maximum Gasteiger partial charge on any atom is 0.150 e. The molecule has 0 aliphatic rings. The molecule has 5 heteroatoms. The predicted octanol–water partition coefficient (Wildman–Crippen LogP) is 7.10. The van der Waals surface area contributed by atoms with E-state index >= 15 is 0 Å². The summed E-state index contributed by atoms with van der Waals surface area (Å²) in [5, 5.41) is 6.94. The van der Waals surface area contributed by atoms with Crippen LogP contribution in [0, 0.1) is 11.6 Å². The highest BCUT2D eigenvalue weighted by molar-refractivity contribution is 5.92. The first-order valence-corrected chi connectivity index (χ1v) is 13.0. The van der Waals surface area contributed by atoms with Crippen molar-refractivity contribution in [2.45, 2.75) is 37.8 Å². The highest BCUT2D eigenvalue weighted by atomic mass is 19.1. The molecule has 0 aliphatic heterocycles. The molecule has 0 spiro atoms. The zero-order chi connectivity index (χ0) is 26.9. The summed E-state index contributed by atoms with van der Waals surface area (Å²) in [6, 6.07) is 32.3. The second kappa shape index (κ2) is 13.2. The van der Waals surface area contributed by atoms with E-state index in [1.54, 1.807) is 24.3 Å². The number of hydrogen-bond donors (Lipinski definition) is 2. The lowest BCUT2D eigenvalue weighted by atomic mass is 9.83. The minimum atomic E-state index is -0.626. The molecule has 0 saturated carbocycles. The van der Waals surface area contributed by atoms with Crippen LogP contribution in [-0.2, 0) is 4.79 Å². The summed E-state index contributed by atoms with van der Waals surface area (Å²) in [6.07, 6.45) is 0. The van der Waals surface area contributed by atoms with E-state index in [0.717, 1.165) is 11.1 Å². The summed E-state index contributed by atoms with van der Waals surface area (Å²) < 4.78 is 28.6. The first-order valence-electron chi connectivity index (χ1n) is 13.0. The van der Waals surface area contributed by atoms with Crippen LogP contribution >= 0.6 is 0 Å². The summed E-state index contributed by atoms with van der Waals surface area (Å²) >= 11 is 0. The van der Waals surface area contributed by atoms with Gasteiger partial charge in [-0.15, -0.1) is 0 Å². The van der Waals surface area contributed by atoms with Gasteiger partial charge in [-0.2, -0.15) is 0 Å². The number of ketones is 1. The summed E-state index contributed by atoms with van der Waals surface area (Å²) in [4.78, 5) is 14.2. The van der Waals surface area contributed by atoms with Gasteiger partial charge in [0.25, 0.3) is 0 Å². The number of halogens is 2. The average Bonchev–Trinajstić information content (AvgIpc) is 2.94. The normalized spacial score (nSPS) is 14.4. The van der Waals surface area contributed by atoms with E-state index in [1.165, 1.54) is 24.3 Å². The molecule has 4 atom stereocenters. The van der Waals surface area contributed by atoms with Crippen molar-refractivity contribution in [2.75, 3.05) is 13.1 Å². The van der Waals surface area contributed by atoms with E-state index in [0.29, 0.717) is 24.2 Å². The van der Waals surface area contributed by atoms with Gasteiger partial charge in [0.05, 0.1) is 11.8 Å². The van der Waals surface area contributed by atoms with Crippen molar-refractivity contribution in [1.29, 1.82) is 0 Å². The number of rotatable bonds is 12. The van der Waals surface area contributed by atoms with Gasteiger partial charge in [0.2, 0.25) is 0 Å². The molecule has 0 saturated heterocycles. The quantitative estimate of drug-likeness (QED) is 0.213. The van der Waals surface area contributed by atoms with Crippen LogP contribution in [0.2, 0.25) is 0 Å². The van der Waals surface area contributed by atoms with Gasteiger partial charge in [-0.25, -0.2) is 8.78 Å². The first-order chi connectivity index (χ1) is 18.4. The largest absolute Gasteiger partial charge is 0.309 e. The minimum absolute atomic E-state index is 0.0103. The van der Waals surface area contributed by atoms with Crippen LogP contribution in [0.25, 0.3) is 0 Å². The summed E-state index contributed by atoms with van der Waals surface area (Å²) in [6.45, 7) is 4.71. The highest BCUT2D eigenvalue weighted by Gasteiger charge is 2.30. The van der Waals surface area contributed by atoms with Gasteiger partial charge in [-0.1, -0.05) is 84.9 Å². The van der Waals surface area contributed by atoms with Gasteiger partial charge in [-0.05, 0) is 60.4 Å². The van der Waals surface area contributed by atoms with Crippen molar-refractivity contribution < 1.29 is 13.6 Å². The molecular formula is C33H34F2N2O. The zero-order valence-corrected chi connectivity index (χ0v) is 21.8. The van der Waals surface area contributed by atoms with Crippen LogP contribution in [0.1, 0.15) is 60.0 Å². The van der Waals surface area contributed by atoms with Crippen LogP contribution in [0.5, 0.6) is 0 Å². The van der Waals surface area contributed by atoms with E-state index in [2.05, 4.69) is 10.6 Å². The molecule has 0 aromatic heterocycles. The fraction of sp³-hybridized carbons (Fsp3) is 0.242. The molecule has 0 amide bonds. The molecule has 0 bridgehead atoms. The van der Waals surface area contributed by atoms with Gasteiger partial charge in [0.1, 0.15) is 17.4 Å². The molecule has 2 unspecified atom stereocenters. The molecule has 0 aliphatic carbocycles. The van der Waals surface area contributed by atoms with Crippen LogP contribution in [-0.4, -0.2) is 18.9 Å². The third-order valence-electron chi connectivity index (χ3n) is 7.04. The minimum Gasteiger partial charge on any atom is -0.309 e. The second-order valence-corrected chi connectivity index (χ2v) is 9.70. The maximum atomic E-state index is 14.3. The Hall–Kier alpha value is -3.67. The Kier molecular flexibility index (Phi) is 9.52. The van der Waals surface area contributed by atoms with E-state index < -0.39 is 23.5 Å². The topological polar surface area (TPSA) is 41.1 Å². The van der Waals surface area contributed by atoms with E-state index in [9.17, 15) is 13.6 Å². The third-order valence-corrected chi connectivity index (χ3v) is 7.04. The molecule has 196 valence electrons. The first kappa shape index (κ1) is 27.4. The summed E-state index contributed by atoms with van der Waals surface area (Å²) in [5.41, 5.74) is 3.39. The van der Waals surface area contributed by atoms with Gasteiger partial charge >= 0.3 is 0 Å². The number of Topliss-reactive ketones (excluding diaryl/α,β-unsaturated/α-hetero) is 1. The fourth-order valence-corrected chi connectivity index (χ4v) is 4.76. The smallest absolute Gasteiger partial charge is 0.150 e. The summed E-state index contributed by atoms with van der Waals surface area (Å²) in [5.74, 6) is -2.14. The van der Waals surface area contributed by atoms with E-state index in [-0.39, 0.29) is 17.9 Å². The van der Waals surface area contributed by atoms with Gasteiger partial charge in [-0.3, -0.25) is 4.79 Å². The van der Waals surface area contributed by atoms with Crippen molar-refractivity contribution in [1.82, 2.24) is 10.6 Å². The molecule has 0 radical (unpaired) electrons. The van der Waals surface area contributed by atoms with Crippen LogP contribution < -0.4 is 10.6 Å². The van der Waals surface area contributed by atoms with Crippen LogP contribution in [0.15, 0.2) is 109 Å². The molecule has 4 aromatic rings. The average molecular weight is 513 g/mol. The zero-order valence-electron chi connectivity index (χ0n) is 21.8. The molecule has 0 fully saturated rings. The fourth-order valence-electron chi connectivity index (χ4n) is 4.76. The Bertz CT molecular complexity index is 1210. The van der Waals surface area contributed by atoms with Crippen molar-refractivity contribution >= 4 is 5.78 Å². The molecule has 4 rings (SSSR count). The van der Waals surface area contributed by atoms with Crippen molar-refractivity contribution in [3.8, 4) is 0 Å². The van der Waals surface area contributed by atoms with Crippen molar-refractivity contribution in [2.24, 2.45) is 0 Å². The molecule has 2 N–H and O–H groups in total. The Labute approximate surface area is 223 Å². The van der Waals surface area contributed by atoms with Gasteiger partial charge < -0.3 is 10.6 Å². The Morgan fingerprint density at radius 2 is 0.947 bits per heavy atom. The Morgan fingerprint density at radius 3 is 1.32 bits per heavy atom. The SMILES string of the molecule is C[C@H](NCC(C(=O)C(CN[C@@H](C)c1ccccc1)c1cccc(F)c1)c1cccc(F)c1)c1ccccc1. The van der Waals surface area contributed by atoms with E-state index in [1.807, 2.05) is 74.5 Å².